The van der Waals surface area contributed by atoms with Crippen LogP contribution in [-0.4, -0.2) is 41.2 Å². The van der Waals surface area contributed by atoms with Crippen LogP contribution in [0.4, 0.5) is 0 Å². The van der Waals surface area contributed by atoms with Crippen LogP contribution in [0.25, 0.3) is 0 Å². The number of carboxylic acid groups (broad SMARTS) is 1. The third-order valence-electron chi connectivity index (χ3n) is 2.88. The van der Waals surface area contributed by atoms with Gasteiger partial charge >= 0.3 is 5.97 Å². The Morgan fingerprint density at radius 1 is 1.53 bits per heavy atom. The Balaban J connectivity index is 1.73. The molecule has 0 saturated carbocycles. The molecular formula is C12H16N2O4S. The zero-order valence-electron chi connectivity index (χ0n) is 10.4. The fourth-order valence-corrected chi connectivity index (χ4v) is 2.65. The van der Waals surface area contributed by atoms with Crippen LogP contribution in [0, 0.1) is 0 Å². The highest BCUT2D eigenvalue weighted by molar-refractivity contribution is 7.09. The zero-order valence-corrected chi connectivity index (χ0v) is 11.2. The SMILES string of the molecule is O=C(O)c1csc(CCNC(=O)C2CCCCO2)n1. The molecule has 0 aromatic carbocycles. The highest BCUT2D eigenvalue weighted by atomic mass is 32.1. The molecule has 1 amide bonds. The number of hydrogen-bond donors (Lipinski definition) is 2. The van der Waals surface area contributed by atoms with Crippen LogP contribution >= 0.6 is 11.3 Å². The fraction of sp³-hybridized carbons (Fsp3) is 0.583. The van der Waals surface area contributed by atoms with Crippen molar-refractivity contribution in [1.82, 2.24) is 10.3 Å². The normalized spacial score (nSPS) is 19.1. The highest BCUT2D eigenvalue weighted by Crippen LogP contribution is 2.13. The number of aromatic carboxylic acids is 1. The van der Waals surface area contributed by atoms with E-state index in [1.165, 1.54) is 16.7 Å². The van der Waals surface area contributed by atoms with Crippen molar-refractivity contribution in [2.24, 2.45) is 0 Å². The lowest BCUT2D eigenvalue weighted by Gasteiger charge is -2.21. The van der Waals surface area contributed by atoms with Gasteiger partial charge in [0.15, 0.2) is 5.69 Å². The number of hydrogen-bond acceptors (Lipinski definition) is 5. The summed E-state index contributed by atoms with van der Waals surface area (Å²) in [5.74, 6) is -1.11. The summed E-state index contributed by atoms with van der Waals surface area (Å²) in [6, 6.07) is 0. The van der Waals surface area contributed by atoms with Crippen LogP contribution in [0.5, 0.6) is 0 Å². The lowest BCUT2D eigenvalue weighted by Crippen LogP contribution is -2.39. The number of nitrogens with zero attached hydrogens (tertiary/aromatic N) is 1. The average Bonchev–Trinajstić information content (AvgIpc) is 2.89. The molecule has 0 bridgehead atoms. The summed E-state index contributed by atoms with van der Waals surface area (Å²) < 4.78 is 5.38. The van der Waals surface area contributed by atoms with E-state index in [9.17, 15) is 9.59 Å². The fourth-order valence-electron chi connectivity index (χ4n) is 1.88. The van der Waals surface area contributed by atoms with Crippen LogP contribution in [0.2, 0.25) is 0 Å². The van der Waals surface area contributed by atoms with E-state index in [1.54, 1.807) is 0 Å². The summed E-state index contributed by atoms with van der Waals surface area (Å²) in [5.41, 5.74) is 0.0574. The van der Waals surface area contributed by atoms with Gasteiger partial charge in [-0.25, -0.2) is 9.78 Å². The first-order valence-electron chi connectivity index (χ1n) is 6.24. The van der Waals surface area contributed by atoms with Crippen LogP contribution in [0.3, 0.4) is 0 Å². The summed E-state index contributed by atoms with van der Waals surface area (Å²) in [6.07, 6.45) is 3.01. The second kappa shape index (κ2) is 6.63. The minimum Gasteiger partial charge on any atom is -0.476 e. The molecule has 1 saturated heterocycles. The molecule has 1 aliphatic heterocycles. The van der Waals surface area contributed by atoms with E-state index >= 15 is 0 Å². The lowest BCUT2D eigenvalue weighted by atomic mass is 10.1. The number of amides is 1. The van der Waals surface area contributed by atoms with Gasteiger partial charge in [-0.2, -0.15) is 0 Å². The number of carbonyl (C=O) groups is 2. The van der Waals surface area contributed by atoms with Crippen LogP contribution < -0.4 is 5.32 Å². The first-order valence-corrected chi connectivity index (χ1v) is 7.12. The first-order chi connectivity index (χ1) is 9.16. The average molecular weight is 284 g/mol. The molecule has 2 N–H and O–H groups in total. The third-order valence-corrected chi connectivity index (χ3v) is 3.79. The minimum absolute atomic E-state index is 0.0574. The number of nitrogens with one attached hydrogen (secondary N) is 1. The van der Waals surface area contributed by atoms with Gasteiger partial charge in [-0.05, 0) is 19.3 Å². The summed E-state index contributed by atoms with van der Waals surface area (Å²) in [6.45, 7) is 1.10. The van der Waals surface area contributed by atoms with Gasteiger partial charge < -0.3 is 15.2 Å². The predicted molar refractivity (Wildman–Crippen MR) is 69.4 cm³/mol. The second-order valence-electron chi connectivity index (χ2n) is 4.33. The molecule has 1 aliphatic rings. The van der Waals surface area contributed by atoms with Crippen LogP contribution in [0.15, 0.2) is 5.38 Å². The minimum atomic E-state index is -1.03. The number of aromatic nitrogens is 1. The van der Waals surface area contributed by atoms with Crippen molar-refractivity contribution in [3.63, 3.8) is 0 Å². The Morgan fingerprint density at radius 2 is 2.37 bits per heavy atom. The smallest absolute Gasteiger partial charge is 0.355 e. The molecule has 19 heavy (non-hydrogen) atoms. The van der Waals surface area contributed by atoms with Crippen molar-refractivity contribution in [3.05, 3.63) is 16.1 Å². The third kappa shape index (κ3) is 4.00. The topological polar surface area (TPSA) is 88.5 Å². The van der Waals surface area contributed by atoms with Gasteiger partial charge in [0.1, 0.15) is 6.10 Å². The van der Waals surface area contributed by atoms with E-state index < -0.39 is 5.97 Å². The van der Waals surface area contributed by atoms with E-state index in [0.29, 0.717) is 24.6 Å². The van der Waals surface area contributed by atoms with E-state index in [1.807, 2.05) is 0 Å². The molecule has 6 nitrogen and oxygen atoms in total. The van der Waals surface area contributed by atoms with Gasteiger partial charge in [0.05, 0.1) is 5.01 Å². The molecule has 0 spiro atoms. The molecule has 1 aromatic rings. The van der Waals surface area contributed by atoms with Crippen molar-refractivity contribution in [3.8, 4) is 0 Å². The van der Waals surface area contributed by atoms with Gasteiger partial charge in [-0.1, -0.05) is 0 Å². The molecular weight excluding hydrogens is 268 g/mol. The van der Waals surface area contributed by atoms with Crippen molar-refractivity contribution < 1.29 is 19.4 Å². The monoisotopic (exact) mass is 284 g/mol. The molecule has 0 aliphatic carbocycles. The summed E-state index contributed by atoms with van der Waals surface area (Å²) in [5, 5.41) is 13.7. The maximum atomic E-state index is 11.8. The van der Waals surface area contributed by atoms with Gasteiger partial charge in [0, 0.05) is 25.0 Å². The number of carbonyl (C=O) groups excluding carboxylic acids is 1. The van der Waals surface area contributed by atoms with E-state index in [4.69, 9.17) is 9.84 Å². The molecule has 2 rings (SSSR count). The van der Waals surface area contributed by atoms with Crippen LogP contribution in [-0.2, 0) is 16.0 Å². The lowest BCUT2D eigenvalue weighted by molar-refractivity contribution is -0.135. The van der Waals surface area contributed by atoms with Gasteiger partial charge in [0.2, 0.25) is 5.91 Å². The number of thiazole rings is 1. The van der Waals surface area contributed by atoms with Crippen LogP contribution in [0.1, 0.15) is 34.8 Å². The molecule has 0 radical (unpaired) electrons. The zero-order chi connectivity index (χ0) is 13.7. The molecule has 1 atom stereocenters. The summed E-state index contributed by atoms with van der Waals surface area (Å²) in [4.78, 5) is 26.4. The first kappa shape index (κ1) is 14.0. The molecule has 7 heteroatoms. The number of ether oxygens (including phenoxy) is 1. The molecule has 2 heterocycles. The second-order valence-corrected chi connectivity index (χ2v) is 5.27. The standard InChI is InChI=1S/C12H16N2O4S/c15-11(9-3-1-2-6-18-9)13-5-4-10-14-8(7-19-10)12(16)17/h7,9H,1-6H2,(H,13,15)(H,16,17). The Hall–Kier alpha value is -1.47. The van der Waals surface area contributed by atoms with Gasteiger partial charge in [0.25, 0.3) is 0 Å². The quantitative estimate of drug-likeness (QED) is 0.844. The number of rotatable bonds is 5. The number of carboxylic acids is 1. The molecule has 1 fully saturated rings. The highest BCUT2D eigenvalue weighted by Gasteiger charge is 2.21. The van der Waals surface area contributed by atoms with Crippen molar-refractivity contribution in [2.75, 3.05) is 13.2 Å². The largest absolute Gasteiger partial charge is 0.476 e. The van der Waals surface area contributed by atoms with Crippen molar-refractivity contribution in [1.29, 1.82) is 0 Å². The summed E-state index contributed by atoms with van der Waals surface area (Å²) in [7, 11) is 0. The maximum Gasteiger partial charge on any atom is 0.355 e. The Bertz CT molecular complexity index is 454. The van der Waals surface area contributed by atoms with E-state index in [2.05, 4.69) is 10.3 Å². The van der Waals surface area contributed by atoms with E-state index in [0.717, 1.165) is 19.3 Å². The summed E-state index contributed by atoms with van der Waals surface area (Å²) >= 11 is 1.29. The molecule has 1 unspecified atom stereocenters. The Labute approximate surface area is 114 Å². The maximum absolute atomic E-state index is 11.8. The Morgan fingerprint density at radius 3 is 3.00 bits per heavy atom. The predicted octanol–water partition coefficient (Wildman–Crippen LogP) is 1.07. The molecule has 1 aromatic heterocycles. The Kier molecular flexibility index (Phi) is 4.86. The van der Waals surface area contributed by atoms with Gasteiger partial charge in [-0.15, -0.1) is 11.3 Å². The molecule has 104 valence electrons. The van der Waals surface area contributed by atoms with Gasteiger partial charge in [-0.3, -0.25) is 4.79 Å². The van der Waals surface area contributed by atoms with Crippen molar-refractivity contribution in [2.45, 2.75) is 31.8 Å². The van der Waals surface area contributed by atoms with E-state index in [-0.39, 0.29) is 17.7 Å². The van der Waals surface area contributed by atoms with Crippen molar-refractivity contribution >= 4 is 23.2 Å².